The molecule has 1 aromatic carbocycles. The van der Waals surface area contributed by atoms with Gasteiger partial charge in [0.05, 0.1) is 17.1 Å². The first kappa shape index (κ1) is 13.8. The molecule has 0 N–H and O–H groups in total. The number of halogens is 2. The lowest BCUT2D eigenvalue weighted by molar-refractivity contribution is -0.385. The van der Waals surface area contributed by atoms with E-state index < -0.39 is 4.92 Å². The van der Waals surface area contributed by atoms with Crippen LogP contribution < -0.4 is 4.74 Å². The van der Waals surface area contributed by atoms with E-state index in [2.05, 4.69) is 20.9 Å². The fraction of sp³-hybridized carbons (Fsp3) is 0.0833. The van der Waals surface area contributed by atoms with Crippen LogP contribution >= 0.6 is 27.5 Å². The van der Waals surface area contributed by atoms with E-state index in [1.54, 1.807) is 0 Å². The van der Waals surface area contributed by atoms with Crippen LogP contribution in [-0.2, 0) is 6.61 Å². The van der Waals surface area contributed by atoms with Crippen molar-refractivity contribution in [1.29, 1.82) is 0 Å². The van der Waals surface area contributed by atoms with Gasteiger partial charge in [-0.1, -0.05) is 39.7 Å². The fourth-order valence-electron chi connectivity index (χ4n) is 1.42. The van der Waals surface area contributed by atoms with Crippen LogP contribution in [0.5, 0.6) is 5.88 Å². The van der Waals surface area contributed by atoms with E-state index in [1.165, 1.54) is 12.1 Å². The van der Waals surface area contributed by atoms with Crippen molar-refractivity contribution in [3.63, 3.8) is 0 Å². The average molecular weight is 344 g/mol. The molecule has 19 heavy (non-hydrogen) atoms. The Morgan fingerprint density at radius 1 is 1.37 bits per heavy atom. The van der Waals surface area contributed by atoms with Crippen LogP contribution in [0.1, 0.15) is 5.56 Å². The largest absolute Gasteiger partial charge is 0.473 e. The first-order valence-corrected chi connectivity index (χ1v) is 6.41. The quantitative estimate of drug-likeness (QED) is 0.478. The number of pyridine rings is 1. The molecule has 1 aromatic heterocycles. The van der Waals surface area contributed by atoms with E-state index in [0.717, 1.165) is 10.0 Å². The molecule has 0 spiro atoms. The van der Waals surface area contributed by atoms with Gasteiger partial charge in [-0.15, -0.1) is 0 Å². The molecule has 2 rings (SSSR count). The van der Waals surface area contributed by atoms with Gasteiger partial charge < -0.3 is 4.74 Å². The standard InChI is InChI=1S/C12H8BrClN2O3/c13-9-3-1-2-8(4-9)7-19-12-6-10(16(17)18)5-11(14)15-12/h1-6H,7H2. The summed E-state index contributed by atoms with van der Waals surface area (Å²) in [5.41, 5.74) is 0.767. The van der Waals surface area contributed by atoms with Crippen molar-refractivity contribution in [2.75, 3.05) is 0 Å². The Morgan fingerprint density at radius 2 is 2.16 bits per heavy atom. The molecule has 1 heterocycles. The number of rotatable bonds is 4. The third kappa shape index (κ3) is 3.90. The molecular weight excluding hydrogens is 336 g/mol. The first-order valence-electron chi connectivity index (χ1n) is 5.24. The highest BCUT2D eigenvalue weighted by molar-refractivity contribution is 9.10. The molecule has 0 aliphatic rings. The number of hydrogen-bond acceptors (Lipinski definition) is 4. The topological polar surface area (TPSA) is 65.3 Å². The number of nitro groups is 1. The van der Waals surface area contributed by atoms with Crippen molar-refractivity contribution in [2.24, 2.45) is 0 Å². The molecule has 0 aliphatic heterocycles. The Hall–Kier alpha value is -1.66. The van der Waals surface area contributed by atoms with Gasteiger partial charge >= 0.3 is 0 Å². The van der Waals surface area contributed by atoms with Crippen LogP contribution in [0.2, 0.25) is 5.15 Å². The minimum Gasteiger partial charge on any atom is -0.473 e. The summed E-state index contributed by atoms with van der Waals surface area (Å²) in [6.45, 7) is 0.254. The maximum absolute atomic E-state index is 10.7. The zero-order valence-electron chi connectivity index (χ0n) is 9.55. The summed E-state index contributed by atoms with van der Waals surface area (Å²) in [4.78, 5) is 14.0. The average Bonchev–Trinajstić information content (AvgIpc) is 2.36. The van der Waals surface area contributed by atoms with E-state index in [1.807, 2.05) is 24.3 Å². The highest BCUT2D eigenvalue weighted by atomic mass is 79.9. The zero-order valence-corrected chi connectivity index (χ0v) is 11.9. The van der Waals surface area contributed by atoms with E-state index >= 15 is 0 Å². The highest BCUT2D eigenvalue weighted by Crippen LogP contribution is 2.23. The third-order valence-corrected chi connectivity index (χ3v) is 2.93. The van der Waals surface area contributed by atoms with Crippen LogP contribution in [0.25, 0.3) is 0 Å². The lowest BCUT2D eigenvalue weighted by Gasteiger charge is -2.06. The molecule has 0 bridgehead atoms. The molecule has 0 saturated carbocycles. The predicted molar refractivity (Wildman–Crippen MR) is 74.4 cm³/mol. The lowest BCUT2D eigenvalue weighted by atomic mass is 10.2. The van der Waals surface area contributed by atoms with Crippen molar-refractivity contribution in [1.82, 2.24) is 4.98 Å². The fourth-order valence-corrected chi connectivity index (χ4v) is 2.07. The van der Waals surface area contributed by atoms with Gasteiger partial charge in [-0.2, -0.15) is 0 Å². The predicted octanol–water partition coefficient (Wildman–Crippen LogP) is 3.98. The molecule has 7 heteroatoms. The molecule has 0 atom stereocenters. The summed E-state index contributed by atoms with van der Waals surface area (Å²) in [5.74, 6) is 0.124. The molecule has 98 valence electrons. The third-order valence-electron chi connectivity index (χ3n) is 2.24. The van der Waals surface area contributed by atoms with E-state index in [-0.39, 0.29) is 23.3 Å². The second-order valence-corrected chi connectivity index (χ2v) is 4.96. The van der Waals surface area contributed by atoms with Gasteiger partial charge in [0.15, 0.2) is 0 Å². The smallest absolute Gasteiger partial charge is 0.277 e. The molecule has 0 fully saturated rings. The minimum absolute atomic E-state index is 0.0263. The van der Waals surface area contributed by atoms with Gasteiger partial charge in [0.25, 0.3) is 5.69 Å². The Bertz CT molecular complexity index is 622. The first-order chi connectivity index (χ1) is 9.04. The number of benzene rings is 1. The van der Waals surface area contributed by atoms with Crippen molar-refractivity contribution in [3.8, 4) is 5.88 Å². The van der Waals surface area contributed by atoms with Gasteiger partial charge in [-0.25, -0.2) is 4.98 Å². The maximum Gasteiger partial charge on any atom is 0.277 e. The lowest BCUT2D eigenvalue weighted by Crippen LogP contribution is -1.98. The maximum atomic E-state index is 10.7. The van der Waals surface area contributed by atoms with E-state index in [0.29, 0.717) is 0 Å². The van der Waals surface area contributed by atoms with Gasteiger partial charge in [0.2, 0.25) is 5.88 Å². The summed E-state index contributed by atoms with van der Waals surface area (Å²) >= 11 is 9.05. The summed E-state index contributed by atoms with van der Waals surface area (Å²) in [7, 11) is 0. The molecule has 0 amide bonds. The Morgan fingerprint density at radius 3 is 2.84 bits per heavy atom. The van der Waals surface area contributed by atoms with Gasteiger partial charge in [0.1, 0.15) is 11.8 Å². The van der Waals surface area contributed by atoms with Gasteiger partial charge in [-0.3, -0.25) is 10.1 Å². The van der Waals surface area contributed by atoms with Crippen LogP contribution in [0.15, 0.2) is 40.9 Å². The number of ether oxygens (including phenoxy) is 1. The van der Waals surface area contributed by atoms with Crippen molar-refractivity contribution < 1.29 is 9.66 Å². The van der Waals surface area contributed by atoms with Crippen molar-refractivity contribution in [2.45, 2.75) is 6.61 Å². The molecule has 5 nitrogen and oxygen atoms in total. The second-order valence-electron chi connectivity index (χ2n) is 3.66. The van der Waals surface area contributed by atoms with E-state index in [9.17, 15) is 10.1 Å². The van der Waals surface area contributed by atoms with Gasteiger partial charge in [-0.05, 0) is 17.7 Å². The van der Waals surface area contributed by atoms with Crippen LogP contribution in [0.3, 0.4) is 0 Å². The Kier molecular flexibility index (Phi) is 4.34. The summed E-state index contributed by atoms with van der Waals surface area (Å²) in [5, 5.41) is 10.7. The van der Waals surface area contributed by atoms with Crippen LogP contribution in [-0.4, -0.2) is 9.91 Å². The highest BCUT2D eigenvalue weighted by Gasteiger charge is 2.11. The Balaban J connectivity index is 2.13. The van der Waals surface area contributed by atoms with Gasteiger partial charge in [0, 0.05) is 4.47 Å². The number of aromatic nitrogens is 1. The molecule has 2 aromatic rings. The molecule has 0 saturated heterocycles. The summed E-state index contributed by atoms with van der Waals surface area (Å²) in [6.07, 6.45) is 0. The van der Waals surface area contributed by atoms with Crippen LogP contribution in [0.4, 0.5) is 5.69 Å². The normalized spacial score (nSPS) is 10.2. The molecule has 0 unspecified atom stereocenters. The summed E-state index contributed by atoms with van der Waals surface area (Å²) in [6, 6.07) is 9.95. The van der Waals surface area contributed by atoms with E-state index in [4.69, 9.17) is 16.3 Å². The number of hydrogen-bond donors (Lipinski definition) is 0. The Labute approximate surface area is 122 Å². The van der Waals surface area contributed by atoms with Crippen LogP contribution in [0, 0.1) is 10.1 Å². The SMILES string of the molecule is O=[N+]([O-])c1cc(Cl)nc(OCc2cccc(Br)c2)c1. The number of nitrogens with zero attached hydrogens (tertiary/aromatic N) is 2. The second kappa shape index (κ2) is 5.99. The molecular formula is C12H8BrClN2O3. The summed E-state index contributed by atoms with van der Waals surface area (Å²) < 4.78 is 6.33. The monoisotopic (exact) mass is 342 g/mol. The minimum atomic E-state index is -0.542. The van der Waals surface area contributed by atoms with Crippen molar-refractivity contribution >= 4 is 33.2 Å². The molecule has 0 radical (unpaired) electrons. The van der Waals surface area contributed by atoms with Crippen molar-refractivity contribution in [3.05, 3.63) is 61.7 Å². The zero-order chi connectivity index (χ0) is 13.8. The molecule has 0 aliphatic carbocycles.